The summed E-state index contributed by atoms with van der Waals surface area (Å²) < 4.78 is 62.6. The van der Waals surface area contributed by atoms with Crippen molar-refractivity contribution in [1.82, 2.24) is 4.90 Å². The predicted octanol–water partition coefficient (Wildman–Crippen LogP) is 5.75. The molecule has 0 saturated heterocycles. The van der Waals surface area contributed by atoms with E-state index in [2.05, 4.69) is 0 Å². The van der Waals surface area contributed by atoms with Crippen LogP contribution >= 0.6 is 0 Å². The molecule has 4 nitrogen and oxygen atoms in total. The van der Waals surface area contributed by atoms with Crippen LogP contribution in [0.25, 0.3) is 0 Å². The summed E-state index contributed by atoms with van der Waals surface area (Å²) >= 11 is 0. The molecule has 8 heteroatoms. The summed E-state index contributed by atoms with van der Waals surface area (Å²) in [5.41, 5.74) is -1.34. The SMILES string of the molecule is CCN(C(=O)c1cccc(F)c1N(C)C)[C@@H](C)COC1(C)CC=C(C(F)(F)CC)C=C1F. The molecule has 2 atom stereocenters. The number of halogens is 4. The largest absolute Gasteiger partial charge is 0.375 e. The molecule has 0 aliphatic heterocycles. The number of alkyl halides is 2. The van der Waals surface area contributed by atoms with Crippen LogP contribution < -0.4 is 4.90 Å². The molecule has 178 valence electrons. The number of ether oxygens (including phenoxy) is 1. The number of amides is 1. The van der Waals surface area contributed by atoms with Crippen LogP contribution in [0, 0.1) is 5.82 Å². The minimum atomic E-state index is -3.09. The second kappa shape index (κ2) is 10.1. The first-order valence-electron chi connectivity index (χ1n) is 10.7. The molecule has 0 saturated carbocycles. The number of hydrogen-bond acceptors (Lipinski definition) is 3. The molecule has 0 heterocycles. The van der Waals surface area contributed by atoms with E-state index in [9.17, 15) is 22.4 Å². The fraction of sp³-hybridized carbons (Fsp3) is 0.542. The van der Waals surface area contributed by atoms with Crippen LogP contribution in [0.3, 0.4) is 0 Å². The molecule has 1 aromatic rings. The Labute approximate surface area is 187 Å². The second-order valence-corrected chi connectivity index (χ2v) is 8.43. The van der Waals surface area contributed by atoms with Gasteiger partial charge in [0, 0.05) is 39.1 Å². The van der Waals surface area contributed by atoms with Crippen LogP contribution in [-0.2, 0) is 4.74 Å². The number of benzene rings is 1. The van der Waals surface area contributed by atoms with Gasteiger partial charge in [-0.3, -0.25) is 4.79 Å². The Morgan fingerprint density at radius 1 is 1.25 bits per heavy atom. The lowest BCUT2D eigenvalue weighted by molar-refractivity contribution is -0.0413. The summed E-state index contributed by atoms with van der Waals surface area (Å²) in [6.07, 6.45) is 1.69. The van der Waals surface area contributed by atoms with Crippen molar-refractivity contribution >= 4 is 11.6 Å². The number of carbonyl (C=O) groups excluding carboxylic acids is 1. The molecule has 1 unspecified atom stereocenters. The first kappa shape index (κ1) is 25.9. The maximum absolute atomic E-state index is 14.7. The van der Waals surface area contributed by atoms with Gasteiger partial charge in [0.15, 0.2) is 0 Å². The number of rotatable bonds is 9. The lowest BCUT2D eigenvalue weighted by Gasteiger charge is -2.35. The third-order valence-corrected chi connectivity index (χ3v) is 5.81. The standard InChI is InChI=1S/C24H32F4N2O2/c1-7-24(27,28)17-12-13-23(4,20(26)14-17)32-15-16(3)30(8-2)22(31)18-10-9-11-19(25)21(18)29(5)6/h9-12,14,16H,7-8,13,15H2,1-6H3/t16-,23?/m0/s1. The van der Waals surface area contributed by atoms with Crippen LogP contribution in [0.15, 0.2) is 41.8 Å². The summed E-state index contributed by atoms with van der Waals surface area (Å²) in [6, 6.07) is 3.86. The number of likely N-dealkylation sites (N-methyl/N-ethyl adjacent to an activating group) is 1. The van der Waals surface area contributed by atoms with Gasteiger partial charge in [-0.25, -0.2) is 17.6 Å². The highest BCUT2D eigenvalue weighted by atomic mass is 19.3. The fourth-order valence-corrected chi connectivity index (χ4v) is 3.68. The maximum Gasteiger partial charge on any atom is 0.272 e. The van der Waals surface area contributed by atoms with E-state index in [0.29, 0.717) is 6.54 Å². The Balaban J connectivity index is 2.15. The Hall–Kier alpha value is -2.35. The number of nitrogens with zero attached hydrogens (tertiary/aromatic N) is 2. The van der Waals surface area contributed by atoms with Crippen molar-refractivity contribution in [1.29, 1.82) is 0 Å². The van der Waals surface area contributed by atoms with E-state index in [0.717, 1.165) is 6.08 Å². The molecule has 1 aliphatic carbocycles. The lowest BCUT2D eigenvalue weighted by Crippen LogP contribution is -2.44. The molecule has 0 radical (unpaired) electrons. The fourth-order valence-electron chi connectivity index (χ4n) is 3.68. The minimum absolute atomic E-state index is 0.0166. The zero-order valence-corrected chi connectivity index (χ0v) is 19.5. The highest BCUT2D eigenvalue weighted by Crippen LogP contribution is 2.39. The number of anilines is 1. The van der Waals surface area contributed by atoms with E-state index >= 15 is 0 Å². The highest BCUT2D eigenvalue weighted by molar-refractivity contribution is 6.00. The number of allylic oxidation sites excluding steroid dienone is 2. The Kier molecular flexibility index (Phi) is 8.15. The van der Waals surface area contributed by atoms with Gasteiger partial charge in [0.05, 0.1) is 23.9 Å². The monoisotopic (exact) mass is 456 g/mol. The summed E-state index contributed by atoms with van der Waals surface area (Å²) in [5.74, 6) is -4.74. The molecule has 1 amide bonds. The summed E-state index contributed by atoms with van der Waals surface area (Å²) in [6.45, 7) is 6.68. The number of para-hydroxylation sites is 1. The Morgan fingerprint density at radius 3 is 2.44 bits per heavy atom. The predicted molar refractivity (Wildman–Crippen MR) is 118 cm³/mol. The summed E-state index contributed by atoms with van der Waals surface area (Å²) in [7, 11) is 3.31. The second-order valence-electron chi connectivity index (χ2n) is 8.43. The first-order valence-corrected chi connectivity index (χ1v) is 10.7. The third-order valence-electron chi connectivity index (χ3n) is 5.81. The molecule has 0 N–H and O–H groups in total. The summed E-state index contributed by atoms with van der Waals surface area (Å²) in [4.78, 5) is 16.2. The van der Waals surface area contributed by atoms with Crippen LogP contribution in [0.1, 0.15) is 50.9 Å². The quantitative estimate of drug-likeness (QED) is 0.444. The van der Waals surface area contributed by atoms with E-state index in [4.69, 9.17) is 4.74 Å². The maximum atomic E-state index is 14.7. The molecular weight excluding hydrogens is 424 g/mol. The number of hydrogen-bond donors (Lipinski definition) is 0. The molecule has 0 fully saturated rings. The zero-order chi connectivity index (χ0) is 24.3. The van der Waals surface area contributed by atoms with Gasteiger partial charge >= 0.3 is 0 Å². The van der Waals surface area contributed by atoms with Crippen molar-refractivity contribution in [2.75, 3.05) is 32.1 Å². The van der Waals surface area contributed by atoms with E-state index in [-0.39, 0.29) is 35.8 Å². The van der Waals surface area contributed by atoms with Gasteiger partial charge in [-0.2, -0.15) is 0 Å². The van der Waals surface area contributed by atoms with E-state index < -0.39 is 35.6 Å². The molecule has 2 rings (SSSR count). The minimum Gasteiger partial charge on any atom is -0.375 e. The van der Waals surface area contributed by atoms with E-state index in [1.165, 1.54) is 41.9 Å². The Bertz CT molecular complexity index is 898. The summed E-state index contributed by atoms with van der Waals surface area (Å²) in [5, 5.41) is 0. The molecule has 1 aliphatic rings. The van der Waals surface area contributed by atoms with Gasteiger partial charge in [-0.05, 0) is 39.0 Å². The van der Waals surface area contributed by atoms with Gasteiger partial charge < -0.3 is 14.5 Å². The topological polar surface area (TPSA) is 32.8 Å². The van der Waals surface area contributed by atoms with Crippen LogP contribution in [-0.4, -0.2) is 55.6 Å². The van der Waals surface area contributed by atoms with Gasteiger partial charge in [-0.1, -0.05) is 19.1 Å². The van der Waals surface area contributed by atoms with Crippen molar-refractivity contribution in [2.45, 2.75) is 58.1 Å². The van der Waals surface area contributed by atoms with Crippen molar-refractivity contribution in [2.24, 2.45) is 0 Å². The van der Waals surface area contributed by atoms with Gasteiger partial charge in [0.2, 0.25) is 0 Å². The van der Waals surface area contributed by atoms with Crippen molar-refractivity contribution in [3.8, 4) is 0 Å². The van der Waals surface area contributed by atoms with Crippen LogP contribution in [0.4, 0.5) is 23.2 Å². The average Bonchev–Trinajstić information content (AvgIpc) is 2.74. The normalized spacial score (nSPS) is 19.8. The molecule has 0 bridgehead atoms. The smallest absolute Gasteiger partial charge is 0.272 e. The lowest BCUT2D eigenvalue weighted by atomic mass is 9.89. The number of carbonyl (C=O) groups is 1. The van der Waals surface area contributed by atoms with Gasteiger partial charge in [0.1, 0.15) is 17.2 Å². The van der Waals surface area contributed by atoms with Gasteiger partial charge in [0.25, 0.3) is 11.8 Å². The average molecular weight is 457 g/mol. The third kappa shape index (κ3) is 5.34. The molecule has 32 heavy (non-hydrogen) atoms. The molecule has 1 aromatic carbocycles. The Morgan fingerprint density at radius 2 is 1.91 bits per heavy atom. The van der Waals surface area contributed by atoms with Crippen LogP contribution in [0.5, 0.6) is 0 Å². The molecule has 0 spiro atoms. The van der Waals surface area contributed by atoms with Crippen molar-refractivity contribution < 1.29 is 27.1 Å². The van der Waals surface area contributed by atoms with E-state index in [1.807, 2.05) is 0 Å². The zero-order valence-electron chi connectivity index (χ0n) is 19.5. The highest BCUT2D eigenvalue weighted by Gasteiger charge is 2.39. The first-order chi connectivity index (χ1) is 14.9. The van der Waals surface area contributed by atoms with Crippen molar-refractivity contribution in [3.63, 3.8) is 0 Å². The van der Waals surface area contributed by atoms with Crippen molar-refractivity contribution in [3.05, 3.63) is 53.1 Å². The van der Waals surface area contributed by atoms with Crippen LogP contribution in [0.2, 0.25) is 0 Å². The molecular formula is C24H32F4N2O2. The van der Waals surface area contributed by atoms with Gasteiger partial charge in [-0.15, -0.1) is 0 Å². The molecule has 0 aromatic heterocycles. The van der Waals surface area contributed by atoms with E-state index in [1.54, 1.807) is 34.0 Å².